The summed E-state index contributed by atoms with van der Waals surface area (Å²) in [6.07, 6.45) is 0. The maximum absolute atomic E-state index is 9.45. The molecule has 0 N–H and O–H groups in total. The van der Waals surface area contributed by atoms with Gasteiger partial charge in [0, 0.05) is 22.3 Å². The molecule has 9 aromatic carbocycles. The van der Waals surface area contributed by atoms with Gasteiger partial charge in [-0.1, -0.05) is 158 Å². The Kier molecular flexibility index (Phi) is 7.49. The summed E-state index contributed by atoms with van der Waals surface area (Å²) in [5.41, 5.74) is 7.54. The van der Waals surface area contributed by atoms with E-state index in [0.29, 0.717) is 23.0 Å². The topological polar surface area (TPSA) is 62.5 Å². The van der Waals surface area contributed by atoms with Crippen molar-refractivity contribution >= 4 is 43.1 Å². The van der Waals surface area contributed by atoms with Gasteiger partial charge in [0.1, 0.15) is 0 Å². The van der Waals surface area contributed by atoms with E-state index in [0.717, 1.165) is 49.7 Å². The van der Waals surface area contributed by atoms with Gasteiger partial charge in [0.05, 0.1) is 11.6 Å². The number of hydrogen-bond donors (Lipinski definition) is 0. The predicted octanol–water partition coefficient (Wildman–Crippen LogP) is 12.7. The molecule has 0 saturated heterocycles. The summed E-state index contributed by atoms with van der Waals surface area (Å²) in [5, 5.41) is 19.1. The number of nitrogens with zero attached hydrogens (tertiary/aromatic N) is 4. The van der Waals surface area contributed by atoms with Gasteiger partial charge in [-0.25, -0.2) is 15.0 Å². The van der Waals surface area contributed by atoms with Crippen LogP contribution in [0.2, 0.25) is 0 Å². The SMILES string of the molecule is N#Cc1cccc(-c2ccc(-c3nc(-c4ccccc4)nc(-c4ccc5ccccc5c4-c4ccc5c6ccccc6c6ccccc6c5c4)n3)cc2)c1. The zero-order chi connectivity index (χ0) is 36.0. The van der Waals surface area contributed by atoms with Gasteiger partial charge in [0.25, 0.3) is 0 Å². The molecule has 54 heavy (non-hydrogen) atoms. The van der Waals surface area contributed by atoms with E-state index in [1.54, 1.807) is 0 Å². The molecule has 1 heterocycles. The summed E-state index contributed by atoms with van der Waals surface area (Å²) in [6.45, 7) is 0. The van der Waals surface area contributed by atoms with Gasteiger partial charge in [-0.05, 0) is 84.0 Å². The summed E-state index contributed by atoms with van der Waals surface area (Å²) in [7, 11) is 0. The van der Waals surface area contributed by atoms with Gasteiger partial charge in [0.2, 0.25) is 0 Å². The molecule has 0 amide bonds. The van der Waals surface area contributed by atoms with Crippen LogP contribution in [-0.2, 0) is 0 Å². The molecule has 0 unspecified atom stereocenters. The first-order chi connectivity index (χ1) is 26.7. The quantitative estimate of drug-likeness (QED) is 0.169. The van der Waals surface area contributed by atoms with E-state index in [1.165, 1.54) is 32.3 Å². The van der Waals surface area contributed by atoms with Crippen molar-refractivity contribution in [1.29, 1.82) is 5.26 Å². The van der Waals surface area contributed by atoms with Crippen LogP contribution in [0, 0.1) is 11.3 Å². The van der Waals surface area contributed by atoms with Gasteiger partial charge in [-0.15, -0.1) is 0 Å². The maximum atomic E-state index is 9.45. The highest BCUT2D eigenvalue weighted by molar-refractivity contribution is 6.26. The van der Waals surface area contributed by atoms with Gasteiger partial charge < -0.3 is 0 Å². The van der Waals surface area contributed by atoms with Crippen molar-refractivity contribution in [3.63, 3.8) is 0 Å². The van der Waals surface area contributed by atoms with Crippen LogP contribution >= 0.6 is 0 Å². The van der Waals surface area contributed by atoms with Crippen LogP contribution in [0.1, 0.15) is 5.56 Å². The Morgan fingerprint density at radius 1 is 0.333 bits per heavy atom. The summed E-state index contributed by atoms with van der Waals surface area (Å²) in [4.78, 5) is 15.4. The Balaban J connectivity index is 1.20. The summed E-state index contributed by atoms with van der Waals surface area (Å²) in [6, 6.07) is 65.3. The number of nitriles is 1. The van der Waals surface area contributed by atoms with Crippen LogP contribution in [0.25, 0.3) is 99.5 Å². The molecule has 0 aliphatic carbocycles. The lowest BCUT2D eigenvalue weighted by molar-refractivity contribution is 1.07. The van der Waals surface area contributed by atoms with Gasteiger partial charge in [-0.3, -0.25) is 0 Å². The van der Waals surface area contributed by atoms with Gasteiger partial charge in [-0.2, -0.15) is 5.26 Å². The third kappa shape index (κ3) is 5.35. The lowest BCUT2D eigenvalue weighted by atomic mass is 9.89. The standard InChI is InChI=1S/C50H30N4/c51-31-32-11-10-15-37(29-32)33-21-23-36(24-22-33)49-52-48(35-13-2-1-3-14-35)53-50(54-49)45-28-25-34-12-4-5-16-39(34)47(45)38-26-27-44-42-19-7-6-17-40(42)41-18-8-9-20-43(41)46(44)30-38/h1-30H. The zero-order valence-electron chi connectivity index (χ0n) is 29.1. The molecule has 10 aromatic rings. The maximum Gasteiger partial charge on any atom is 0.164 e. The Hall–Kier alpha value is -7.48. The minimum Gasteiger partial charge on any atom is -0.208 e. The fourth-order valence-corrected chi connectivity index (χ4v) is 7.75. The minimum atomic E-state index is 0.589. The van der Waals surface area contributed by atoms with Gasteiger partial charge >= 0.3 is 0 Å². The second-order valence-electron chi connectivity index (χ2n) is 13.5. The van der Waals surface area contributed by atoms with Crippen molar-refractivity contribution in [2.45, 2.75) is 0 Å². The molecule has 250 valence electrons. The molecule has 0 radical (unpaired) electrons. The molecule has 0 aliphatic rings. The summed E-state index contributed by atoms with van der Waals surface area (Å²) >= 11 is 0. The Labute approximate surface area is 312 Å². The zero-order valence-corrected chi connectivity index (χ0v) is 29.1. The fourth-order valence-electron chi connectivity index (χ4n) is 7.75. The van der Waals surface area contributed by atoms with Crippen molar-refractivity contribution in [3.8, 4) is 62.5 Å². The minimum absolute atomic E-state index is 0.589. The number of rotatable bonds is 5. The lowest BCUT2D eigenvalue weighted by Crippen LogP contribution is -2.01. The van der Waals surface area contributed by atoms with E-state index >= 15 is 0 Å². The van der Waals surface area contributed by atoms with E-state index in [9.17, 15) is 5.26 Å². The average molecular weight is 687 g/mol. The van der Waals surface area contributed by atoms with Crippen molar-refractivity contribution in [1.82, 2.24) is 15.0 Å². The highest BCUT2D eigenvalue weighted by atomic mass is 15.0. The third-order valence-corrected chi connectivity index (χ3v) is 10.3. The van der Waals surface area contributed by atoms with E-state index in [4.69, 9.17) is 15.0 Å². The van der Waals surface area contributed by atoms with Gasteiger partial charge in [0.15, 0.2) is 17.5 Å². The molecule has 10 rings (SSSR count). The lowest BCUT2D eigenvalue weighted by Gasteiger charge is -2.16. The molecular formula is C50H30N4. The summed E-state index contributed by atoms with van der Waals surface area (Å²) < 4.78 is 0. The van der Waals surface area contributed by atoms with Crippen LogP contribution in [0.3, 0.4) is 0 Å². The first kappa shape index (κ1) is 31.3. The van der Waals surface area contributed by atoms with Crippen molar-refractivity contribution < 1.29 is 0 Å². The molecule has 1 aromatic heterocycles. The van der Waals surface area contributed by atoms with Crippen LogP contribution in [0.15, 0.2) is 182 Å². The Bertz CT molecular complexity index is 3070. The fraction of sp³-hybridized carbons (Fsp3) is 0. The van der Waals surface area contributed by atoms with Crippen LogP contribution in [0.4, 0.5) is 0 Å². The Morgan fingerprint density at radius 2 is 0.852 bits per heavy atom. The largest absolute Gasteiger partial charge is 0.208 e. The molecule has 0 atom stereocenters. The summed E-state index contributed by atoms with van der Waals surface area (Å²) in [5.74, 6) is 1.80. The first-order valence-electron chi connectivity index (χ1n) is 18.0. The molecule has 0 saturated carbocycles. The molecule has 0 aliphatic heterocycles. The number of fused-ring (bicyclic) bond motifs is 7. The van der Waals surface area contributed by atoms with E-state index in [2.05, 4.69) is 121 Å². The van der Waals surface area contributed by atoms with E-state index < -0.39 is 0 Å². The third-order valence-electron chi connectivity index (χ3n) is 10.3. The monoisotopic (exact) mass is 686 g/mol. The molecule has 0 spiro atoms. The second kappa shape index (κ2) is 12.9. The first-order valence-corrected chi connectivity index (χ1v) is 18.0. The second-order valence-corrected chi connectivity index (χ2v) is 13.5. The number of hydrogen-bond acceptors (Lipinski definition) is 4. The van der Waals surface area contributed by atoms with E-state index in [-0.39, 0.29) is 0 Å². The van der Waals surface area contributed by atoms with E-state index in [1.807, 2.05) is 66.7 Å². The highest BCUT2D eigenvalue weighted by Crippen LogP contribution is 2.42. The Morgan fingerprint density at radius 3 is 1.54 bits per heavy atom. The highest BCUT2D eigenvalue weighted by Gasteiger charge is 2.19. The van der Waals surface area contributed by atoms with Crippen molar-refractivity contribution in [2.24, 2.45) is 0 Å². The van der Waals surface area contributed by atoms with Crippen molar-refractivity contribution in [3.05, 3.63) is 188 Å². The molecule has 0 bridgehead atoms. The average Bonchev–Trinajstić information content (AvgIpc) is 3.26. The molecule has 4 nitrogen and oxygen atoms in total. The number of benzene rings is 9. The molecular weight excluding hydrogens is 657 g/mol. The predicted molar refractivity (Wildman–Crippen MR) is 222 cm³/mol. The van der Waals surface area contributed by atoms with Crippen LogP contribution < -0.4 is 0 Å². The van der Waals surface area contributed by atoms with Crippen molar-refractivity contribution in [2.75, 3.05) is 0 Å². The van der Waals surface area contributed by atoms with Crippen LogP contribution in [-0.4, -0.2) is 15.0 Å². The smallest absolute Gasteiger partial charge is 0.164 e. The number of aromatic nitrogens is 3. The normalized spacial score (nSPS) is 11.3. The molecule has 0 fully saturated rings. The molecule has 4 heteroatoms. The van der Waals surface area contributed by atoms with Crippen LogP contribution in [0.5, 0.6) is 0 Å².